The lowest BCUT2D eigenvalue weighted by Crippen LogP contribution is -1.96. The molecule has 0 aliphatic rings. The van der Waals surface area contributed by atoms with Gasteiger partial charge in [0, 0.05) is 14.0 Å². The number of nitrogens with zero attached hydrogens (tertiary/aromatic N) is 2. The van der Waals surface area contributed by atoms with Crippen LogP contribution in [-0.4, -0.2) is 20.7 Å². The highest BCUT2D eigenvalue weighted by Crippen LogP contribution is 2.19. The van der Waals surface area contributed by atoms with Gasteiger partial charge >= 0.3 is 0 Å². The Balaban J connectivity index is 3.29. The summed E-state index contributed by atoms with van der Waals surface area (Å²) in [5.41, 5.74) is 0.750. The van der Waals surface area contributed by atoms with Crippen molar-refractivity contribution in [1.29, 1.82) is 0 Å². The number of hydrogen-bond donors (Lipinski definition) is 1. The van der Waals surface area contributed by atoms with Crippen LogP contribution in [-0.2, 0) is 7.05 Å². The molecule has 0 aliphatic heterocycles. The Hall–Kier alpha value is -1.32. The zero-order valence-electron chi connectivity index (χ0n) is 6.75. The Bertz CT molecular complexity index is 302. The van der Waals surface area contributed by atoms with E-state index in [1.54, 1.807) is 14.0 Å². The Morgan fingerprint density at radius 3 is 2.36 bits per heavy atom. The molecule has 0 bridgehead atoms. The third kappa shape index (κ3) is 1.11. The van der Waals surface area contributed by atoms with E-state index in [4.69, 9.17) is 0 Å². The van der Waals surface area contributed by atoms with Crippen molar-refractivity contribution >= 4 is 5.78 Å². The summed E-state index contributed by atoms with van der Waals surface area (Å²) in [6.07, 6.45) is 0. The molecule has 1 heterocycles. The van der Waals surface area contributed by atoms with Crippen molar-refractivity contribution in [1.82, 2.24) is 9.78 Å². The minimum absolute atomic E-state index is 0.0139. The van der Waals surface area contributed by atoms with E-state index in [1.165, 1.54) is 11.6 Å². The van der Waals surface area contributed by atoms with Gasteiger partial charge in [-0.25, -0.2) is 0 Å². The average molecular weight is 154 g/mol. The molecule has 4 nitrogen and oxygen atoms in total. The van der Waals surface area contributed by atoms with Crippen LogP contribution in [0.2, 0.25) is 0 Å². The van der Waals surface area contributed by atoms with Gasteiger partial charge in [-0.05, 0) is 6.92 Å². The van der Waals surface area contributed by atoms with Gasteiger partial charge in [0.15, 0.2) is 17.2 Å². The maximum absolute atomic E-state index is 10.8. The van der Waals surface area contributed by atoms with Crippen LogP contribution in [0, 0.1) is 6.92 Å². The van der Waals surface area contributed by atoms with Crippen molar-refractivity contribution in [3.63, 3.8) is 0 Å². The largest absolute Gasteiger partial charge is 0.504 e. The number of aromatic hydroxyl groups is 1. The van der Waals surface area contributed by atoms with Gasteiger partial charge < -0.3 is 5.11 Å². The molecular weight excluding hydrogens is 144 g/mol. The Morgan fingerprint density at radius 2 is 2.18 bits per heavy atom. The zero-order valence-corrected chi connectivity index (χ0v) is 6.75. The third-order valence-corrected chi connectivity index (χ3v) is 1.64. The minimum Gasteiger partial charge on any atom is -0.504 e. The Morgan fingerprint density at radius 1 is 1.64 bits per heavy atom. The molecule has 0 aromatic carbocycles. The van der Waals surface area contributed by atoms with Gasteiger partial charge in [0.1, 0.15) is 0 Å². The van der Waals surface area contributed by atoms with E-state index in [0.29, 0.717) is 5.69 Å². The summed E-state index contributed by atoms with van der Waals surface area (Å²) in [5.74, 6) is -0.230. The van der Waals surface area contributed by atoms with E-state index in [1.807, 2.05) is 0 Å². The van der Waals surface area contributed by atoms with E-state index in [-0.39, 0.29) is 17.2 Å². The fraction of sp³-hybridized carbons (Fsp3) is 0.429. The maximum Gasteiger partial charge on any atom is 0.183 e. The van der Waals surface area contributed by atoms with E-state index in [0.717, 1.165) is 0 Å². The Kier molecular flexibility index (Phi) is 1.68. The molecule has 0 spiro atoms. The van der Waals surface area contributed by atoms with Crippen LogP contribution >= 0.6 is 0 Å². The van der Waals surface area contributed by atoms with Crippen LogP contribution < -0.4 is 0 Å². The number of aromatic nitrogens is 2. The fourth-order valence-electron chi connectivity index (χ4n) is 0.834. The van der Waals surface area contributed by atoms with Crippen LogP contribution in [0.25, 0.3) is 0 Å². The lowest BCUT2D eigenvalue weighted by Gasteiger charge is -1.89. The van der Waals surface area contributed by atoms with Crippen molar-refractivity contribution in [3.05, 3.63) is 11.4 Å². The Labute approximate surface area is 64.5 Å². The molecule has 1 aromatic heterocycles. The second-order valence-electron chi connectivity index (χ2n) is 2.46. The zero-order chi connectivity index (χ0) is 8.59. The first kappa shape index (κ1) is 7.78. The first-order chi connectivity index (χ1) is 5.04. The molecule has 0 amide bonds. The molecule has 0 saturated carbocycles. The second-order valence-corrected chi connectivity index (χ2v) is 2.46. The minimum atomic E-state index is -0.216. The lowest BCUT2D eigenvalue weighted by atomic mass is 10.3. The molecular formula is C7H10N2O2. The lowest BCUT2D eigenvalue weighted by molar-refractivity contribution is 0.101. The van der Waals surface area contributed by atoms with Gasteiger partial charge in [-0.15, -0.1) is 0 Å². The maximum atomic E-state index is 10.8. The van der Waals surface area contributed by atoms with E-state index in [9.17, 15) is 9.90 Å². The van der Waals surface area contributed by atoms with E-state index >= 15 is 0 Å². The highest BCUT2D eigenvalue weighted by Gasteiger charge is 2.14. The summed E-state index contributed by atoms with van der Waals surface area (Å²) in [5, 5.41) is 13.1. The summed E-state index contributed by atoms with van der Waals surface area (Å²) in [4.78, 5) is 10.8. The van der Waals surface area contributed by atoms with Gasteiger partial charge in [-0.2, -0.15) is 5.10 Å². The quantitative estimate of drug-likeness (QED) is 0.604. The summed E-state index contributed by atoms with van der Waals surface area (Å²) < 4.78 is 1.48. The highest BCUT2D eigenvalue weighted by atomic mass is 16.3. The van der Waals surface area contributed by atoms with Crippen molar-refractivity contribution in [2.75, 3.05) is 0 Å². The molecule has 1 N–H and O–H groups in total. The average Bonchev–Trinajstić information content (AvgIpc) is 2.17. The van der Waals surface area contributed by atoms with Crippen molar-refractivity contribution in [2.24, 2.45) is 7.05 Å². The number of Topliss-reactive ketones (excluding diaryl/α,β-unsaturated/α-hetero) is 1. The third-order valence-electron chi connectivity index (χ3n) is 1.64. The number of aryl methyl sites for hydroxylation is 1. The second kappa shape index (κ2) is 2.38. The first-order valence-corrected chi connectivity index (χ1v) is 3.27. The molecule has 0 fully saturated rings. The van der Waals surface area contributed by atoms with Crippen LogP contribution in [0.5, 0.6) is 5.75 Å². The fourth-order valence-corrected chi connectivity index (χ4v) is 0.834. The van der Waals surface area contributed by atoms with E-state index < -0.39 is 0 Å². The molecule has 1 aromatic rings. The number of carbonyl (C=O) groups is 1. The van der Waals surface area contributed by atoms with E-state index in [2.05, 4.69) is 5.10 Å². The molecule has 0 saturated heterocycles. The molecule has 0 atom stereocenters. The molecule has 0 aliphatic carbocycles. The summed E-state index contributed by atoms with van der Waals surface area (Å²) in [6, 6.07) is 0. The monoisotopic (exact) mass is 154 g/mol. The SMILES string of the molecule is CC(=O)c1nn(C)c(C)c1O. The van der Waals surface area contributed by atoms with Crippen molar-refractivity contribution < 1.29 is 9.90 Å². The molecule has 0 radical (unpaired) electrons. The summed E-state index contributed by atoms with van der Waals surface area (Å²) in [7, 11) is 1.68. The normalized spacial score (nSPS) is 10.1. The molecule has 11 heavy (non-hydrogen) atoms. The summed E-state index contributed by atoms with van der Waals surface area (Å²) >= 11 is 0. The number of rotatable bonds is 1. The predicted molar refractivity (Wildman–Crippen MR) is 39.6 cm³/mol. The predicted octanol–water partition coefficient (Wildman–Crippen LogP) is 0.637. The van der Waals surface area contributed by atoms with Crippen molar-refractivity contribution in [2.45, 2.75) is 13.8 Å². The number of carbonyl (C=O) groups excluding carboxylic acids is 1. The van der Waals surface area contributed by atoms with Gasteiger partial charge in [0.2, 0.25) is 0 Å². The highest BCUT2D eigenvalue weighted by molar-refractivity contribution is 5.94. The first-order valence-electron chi connectivity index (χ1n) is 3.27. The molecule has 1 rings (SSSR count). The van der Waals surface area contributed by atoms with Crippen LogP contribution in [0.15, 0.2) is 0 Å². The van der Waals surface area contributed by atoms with Crippen molar-refractivity contribution in [3.8, 4) is 5.75 Å². The van der Waals surface area contributed by atoms with Gasteiger partial charge in [-0.3, -0.25) is 9.48 Å². The van der Waals surface area contributed by atoms with Gasteiger partial charge in [0.25, 0.3) is 0 Å². The van der Waals surface area contributed by atoms with Gasteiger partial charge in [0.05, 0.1) is 5.69 Å². The smallest absolute Gasteiger partial charge is 0.183 e. The summed E-state index contributed by atoms with van der Waals surface area (Å²) in [6.45, 7) is 3.08. The number of ketones is 1. The molecule has 0 unspecified atom stereocenters. The van der Waals surface area contributed by atoms with Gasteiger partial charge in [-0.1, -0.05) is 0 Å². The molecule has 60 valence electrons. The van der Waals surface area contributed by atoms with Crippen LogP contribution in [0.3, 0.4) is 0 Å². The molecule has 4 heteroatoms. The standard InChI is InChI=1S/C7H10N2O2/c1-4-7(11)6(5(2)10)8-9(4)3/h11H,1-3H3. The number of hydrogen-bond acceptors (Lipinski definition) is 3. The van der Waals surface area contributed by atoms with Crippen LogP contribution in [0.1, 0.15) is 23.1 Å². The topological polar surface area (TPSA) is 55.1 Å². The van der Waals surface area contributed by atoms with Crippen LogP contribution in [0.4, 0.5) is 0 Å².